The van der Waals surface area contributed by atoms with Gasteiger partial charge in [-0.15, -0.1) is 0 Å². The summed E-state index contributed by atoms with van der Waals surface area (Å²) in [6.45, 7) is -0.0969. The van der Waals surface area contributed by atoms with Crippen molar-refractivity contribution in [1.82, 2.24) is 15.6 Å². The second kappa shape index (κ2) is 13.7. The Morgan fingerprint density at radius 1 is 1.03 bits per heavy atom. The molecule has 9 heteroatoms. The first-order valence-electron chi connectivity index (χ1n) is 13.2. The van der Waals surface area contributed by atoms with Gasteiger partial charge in [-0.25, -0.2) is 4.39 Å². The molecule has 0 radical (unpaired) electrons. The van der Waals surface area contributed by atoms with Crippen LogP contribution in [0, 0.1) is 17.7 Å². The monoisotopic (exact) mass is 535 g/mol. The van der Waals surface area contributed by atoms with Gasteiger partial charge in [-0.1, -0.05) is 42.5 Å². The standard InChI is InChI=1S/C30H34FN3O5/c31-24-11-9-20(10-12-24)15-22-6-2-1-5-21(17-28(36)32-13-14-35)29(37)34-25(19-39-30(22)38)16-23-18-33-27-8-4-3-7-26(23)27/h1-4,7-12,18,21-22,25,33,35H,5-6,13-17,19H2,(H,32,36)(H,34,37)/b2-1-/t21-,22-,25+/m0/s1. The molecule has 206 valence electrons. The second-order valence-corrected chi connectivity index (χ2v) is 9.84. The Labute approximate surface area is 226 Å². The predicted octanol–water partition coefficient (Wildman–Crippen LogP) is 3.20. The molecule has 1 aliphatic heterocycles. The largest absolute Gasteiger partial charge is 0.463 e. The number of halogens is 1. The first kappa shape index (κ1) is 28.0. The Morgan fingerprint density at radius 3 is 2.54 bits per heavy atom. The molecular weight excluding hydrogens is 501 g/mol. The number of para-hydroxylation sites is 1. The molecule has 1 aromatic heterocycles. The maximum Gasteiger partial charge on any atom is 0.309 e. The lowest BCUT2D eigenvalue weighted by Crippen LogP contribution is -2.44. The van der Waals surface area contributed by atoms with Crippen molar-refractivity contribution in [1.29, 1.82) is 0 Å². The molecule has 2 amide bonds. The van der Waals surface area contributed by atoms with Gasteiger partial charge in [0.2, 0.25) is 11.8 Å². The van der Waals surface area contributed by atoms with E-state index in [0.29, 0.717) is 25.7 Å². The van der Waals surface area contributed by atoms with Crippen LogP contribution in [-0.2, 0) is 32.0 Å². The minimum absolute atomic E-state index is 0.0306. The number of esters is 1. The lowest BCUT2D eigenvalue weighted by Gasteiger charge is -2.24. The maximum atomic E-state index is 13.4. The van der Waals surface area contributed by atoms with Crippen molar-refractivity contribution in [2.24, 2.45) is 11.8 Å². The first-order valence-corrected chi connectivity index (χ1v) is 13.2. The fourth-order valence-electron chi connectivity index (χ4n) is 4.80. The molecule has 0 saturated heterocycles. The zero-order valence-corrected chi connectivity index (χ0v) is 21.7. The molecule has 3 atom stereocenters. The van der Waals surface area contributed by atoms with Crippen LogP contribution in [0.5, 0.6) is 0 Å². The van der Waals surface area contributed by atoms with Gasteiger partial charge in [0.25, 0.3) is 0 Å². The van der Waals surface area contributed by atoms with E-state index in [1.54, 1.807) is 12.1 Å². The second-order valence-electron chi connectivity index (χ2n) is 9.84. The van der Waals surface area contributed by atoms with Gasteiger partial charge in [-0.3, -0.25) is 14.4 Å². The normalized spacial score (nSPS) is 21.3. The summed E-state index contributed by atoms with van der Waals surface area (Å²) in [4.78, 5) is 42.0. The van der Waals surface area contributed by atoms with E-state index in [0.717, 1.165) is 22.0 Å². The molecule has 2 aromatic carbocycles. The molecule has 4 rings (SSSR count). The van der Waals surface area contributed by atoms with E-state index in [2.05, 4.69) is 15.6 Å². The van der Waals surface area contributed by atoms with Crippen molar-refractivity contribution in [3.63, 3.8) is 0 Å². The number of hydrogen-bond acceptors (Lipinski definition) is 5. The van der Waals surface area contributed by atoms with Gasteiger partial charge in [0.05, 0.1) is 24.5 Å². The average molecular weight is 536 g/mol. The Kier molecular flexibility index (Phi) is 9.85. The number of cyclic esters (lactones) is 1. The van der Waals surface area contributed by atoms with Crippen molar-refractivity contribution in [3.05, 3.63) is 83.8 Å². The van der Waals surface area contributed by atoms with Crippen molar-refractivity contribution < 1.29 is 28.6 Å². The summed E-state index contributed by atoms with van der Waals surface area (Å²) in [6, 6.07) is 13.4. The van der Waals surface area contributed by atoms with Crippen LogP contribution in [0.2, 0.25) is 0 Å². The van der Waals surface area contributed by atoms with E-state index in [1.807, 2.05) is 42.6 Å². The molecule has 0 unspecified atom stereocenters. The number of aromatic amines is 1. The van der Waals surface area contributed by atoms with Crippen molar-refractivity contribution in [3.8, 4) is 0 Å². The van der Waals surface area contributed by atoms with Gasteiger partial charge in [0.15, 0.2) is 0 Å². The molecule has 0 saturated carbocycles. The fraction of sp³-hybridized carbons (Fsp3) is 0.367. The number of ether oxygens (including phenoxy) is 1. The number of H-pyrrole nitrogens is 1. The molecular formula is C30H34FN3O5. The van der Waals surface area contributed by atoms with Crippen LogP contribution in [0.3, 0.4) is 0 Å². The molecule has 1 aliphatic rings. The van der Waals surface area contributed by atoms with Crippen molar-refractivity contribution in [2.75, 3.05) is 19.8 Å². The molecule has 0 bridgehead atoms. The topological polar surface area (TPSA) is 121 Å². The van der Waals surface area contributed by atoms with E-state index < -0.39 is 17.9 Å². The first-order chi connectivity index (χ1) is 18.9. The van der Waals surface area contributed by atoms with Gasteiger partial charge in [0.1, 0.15) is 12.4 Å². The molecule has 2 heterocycles. The third-order valence-corrected chi connectivity index (χ3v) is 6.89. The Balaban J connectivity index is 1.55. The van der Waals surface area contributed by atoms with Crippen LogP contribution >= 0.6 is 0 Å². The Morgan fingerprint density at radius 2 is 1.77 bits per heavy atom. The van der Waals surface area contributed by atoms with Crippen LogP contribution in [0.4, 0.5) is 4.39 Å². The van der Waals surface area contributed by atoms with Crippen LogP contribution in [0.1, 0.15) is 30.4 Å². The van der Waals surface area contributed by atoms with E-state index in [-0.39, 0.29) is 49.8 Å². The molecule has 39 heavy (non-hydrogen) atoms. The summed E-state index contributed by atoms with van der Waals surface area (Å²) in [6.07, 6.45) is 6.99. The summed E-state index contributed by atoms with van der Waals surface area (Å²) in [5.41, 5.74) is 2.76. The summed E-state index contributed by atoms with van der Waals surface area (Å²) in [5.74, 6) is -2.47. The van der Waals surface area contributed by atoms with Gasteiger partial charge in [-0.05, 0) is 55.0 Å². The van der Waals surface area contributed by atoms with Crippen LogP contribution in [0.15, 0.2) is 66.9 Å². The zero-order chi connectivity index (χ0) is 27.6. The van der Waals surface area contributed by atoms with Crippen LogP contribution in [0.25, 0.3) is 10.9 Å². The van der Waals surface area contributed by atoms with E-state index in [4.69, 9.17) is 9.84 Å². The quantitative estimate of drug-likeness (QED) is 0.261. The minimum Gasteiger partial charge on any atom is -0.463 e. The summed E-state index contributed by atoms with van der Waals surface area (Å²) in [7, 11) is 0. The molecule has 8 nitrogen and oxygen atoms in total. The van der Waals surface area contributed by atoms with Crippen molar-refractivity contribution in [2.45, 2.75) is 38.1 Å². The Hall–Kier alpha value is -3.98. The van der Waals surface area contributed by atoms with Gasteiger partial charge in [0, 0.05) is 30.1 Å². The number of nitrogens with one attached hydrogen (secondary N) is 3. The smallest absolute Gasteiger partial charge is 0.309 e. The summed E-state index contributed by atoms with van der Waals surface area (Å²) < 4.78 is 19.1. The maximum absolute atomic E-state index is 13.4. The summed E-state index contributed by atoms with van der Waals surface area (Å²) >= 11 is 0. The molecule has 3 aromatic rings. The number of amides is 2. The van der Waals surface area contributed by atoms with Crippen LogP contribution in [-0.4, -0.2) is 53.7 Å². The van der Waals surface area contributed by atoms with Gasteiger partial charge < -0.3 is 25.5 Å². The number of carbonyl (C=O) groups excluding carboxylic acids is 3. The third kappa shape index (κ3) is 8.00. The zero-order valence-electron chi connectivity index (χ0n) is 21.7. The number of aromatic nitrogens is 1. The van der Waals surface area contributed by atoms with Gasteiger partial charge in [-0.2, -0.15) is 0 Å². The molecule has 0 aliphatic carbocycles. The highest BCUT2D eigenvalue weighted by atomic mass is 19.1. The molecule has 4 N–H and O–H groups in total. The number of hydrogen-bond donors (Lipinski definition) is 4. The van der Waals surface area contributed by atoms with E-state index in [1.165, 1.54) is 12.1 Å². The van der Waals surface area contributed by atoms with Crippen molar-refractivity contribution >= 4 is 28.7 Å². The number of fused-ring (bicyclic) bond motifs is 1. The van der Waals surface area contributed by atoms with E-state index in [9.17, 15) is 18.8 Å². The average Bonchev–Trinajstić information content (AvgIpc) is 3.34. The molecule has 0 fully saturated rings. The van der Waals surface area contributed by atoms with Gasteiger partial charge >= 0.3 is 5.97 Å². The molecule has 0 spiro atoms. The SMILES string of the molecule is O=C(C[C@@H]1C/C=C\C[C@@H](Cc2ccc(F)cc2)C(=O)OC[C@@H](Cc2c[nH]c3ccccc23)NC1=O)NCCO. The van der Waals surface area contributed by atoms with E-state index >= 15 is 0 Å². The minimum atomic E-state index is -0.629. The highest BCUT2D eigenvalue weighted by molar-refractivity contribution is 5.86. The lowest BCUT2D eigenvalue weighted by molar-refractivity contribution is -0.150. The number of rotatable bonds is 8. The number of carbonyl (C=O) groups is 3. The lowest BCUT2D eigenvalue weighted by atomic mass is 9.94. The summed E-state index contributed by atoms with van der Waals surface area (Å²) in [5, 5.41) is 15.6. The highest BCUT2D eigenvalue weighted by Crippen LogP contribution is 2.22. The Bertz CT molecular complexity index is 1300. The fourth-order valence-corrected chi connectivity index (χ4v) is 4.80. The number of allylic oxidation sites excluding steroid dienone is 2. The number of benzene rings is 2. The third-order valence-electron chi connectivity index (χ3n) is 6.89. The number of aliphatic hydroxyl groups is 1. The predicted molar refractivity (Wildman–Crippen MR) is 145 cm³/mol. The van der Waals surface area contributed by atoms with Crippen LogP contribution < -0.4 is 10.6 Å². The highest BCUT2D eigenvalue weighted by Gasteiger charge is 2.27. The number of aliphatic hydroxyl groups excluding tert-OH is 1.